The number of hydrogen-bond acceptors (Lipinski definition) is 13. The fourth-order valence-corrected chi connectivity index (χ4v) is 6.04. The summed E-state index contributed by atoms with van der Waals surface area (Å²) in [5.41, 5.74) is 1.51. The first kappa shape index (κ1) is 36.1. The summed E-state index contributed by atoms with van der Waals surface area (Å²) in [5, 5.41) is 3.19. The summed E-state index contributed by atoms with van der Waals surface area (Å²) >= 11 is 0. The number of hydrogen-bond donors (Lipinski definition) is 4. The fraction of sp³-hybridized carbons (Fsp3) is 0.480. The maximum Gasteiger partial charge on any atom is 0.418 e. The first-order valence-electron chi connectivity index (χ1n) is 13.2. The number of imide groups is 1. The molecule has 2 aliphatic rings. The van der Waals surface area contributed by atoms with Crippen molar-refractivity contribution in [1.82, 2.24) is 14.7 Å². The molecule has 1 atom stereocenters. The second-order valence-corrected chi connectivity index (χ2v) is 12.7. The quantitative estimate of drug-likeness (QED) is 0.153. The van der Waals surface area contributed by atoms with Crippen LogP contribution < -0.4 is 9.80 Å². The number of carbonyl (C=O) groups is 4. The van der Waals surface area contributed by atoms with Gasteiger partial charge in [0.25, 0.3) is 0 Å². The molecule has 2 aromatic rings. The molecule has 16 nitrogen and oxygen atoms in total. The SMILES string of the molecule is COCOC(=O)N(CC1CN(c2cc(F)c(N3Cc4cnn(C)c4C3)c(F)c2)C(=O)O1)C(C)=O.O=CCCC(P(O)O)P(O)O. The number of ether oxygens (including phenoxy) is 3. The predicted molar refractivity (Wildman–Crippen MR) is 155 cm³/mol. The van der Waals surface area contributed by atoms with E-state index in [1.54, 1.807) is 22.8 Å². The van der Waals surface area contributed by atoms with Crippen LogP contribution in [-0.2, 0) is 43.9 Å². The molecule has 1 unspecified atom stereocenters. The fourth-order valence-electron chi connectivity index (χ4n) is 4.55. The van der Waals surface area contributed by atoms with Gasteiger partial charge >= 0.3 is 12.2 Å². The van der Waals surface area contributed by atoms with Crippen LogP contribution in [0.2, 0.25) is 0 Å². The summed E-state index contributed by atoms with van der Waals surface area (Å²) < 4.78 is 46.3. The zero-order valence-electron chi connectivity index (χ0n) is 24.4. The van der Waals surface area contributed by atoms with Gasteiger partial charge in [0.15, 0.2) is 35.2 Å². The number of anilines is 2. The third-order valence-electron chi connectivity index (χ3n) is 6.72. The Balaban J connectivity index is 0.000000430. The molecule has 20 heteroatoms. The van der Waals surface area contributed by atoms with Gasteiger partial charge in [-0.3, -0.25) is 14.4 Å². The summed E-state index contributed by atoms with van der Waals surface area (Å²) in [6.07, 6.45) is -0.249. The monoisotopic (exact) mass is 679 g/mol. The minimum atomic E-state index is -2.35. The van der Waals surface area contributed by atoms with Crippen LogP contribution >= 0.6 is 16.8 Å². The average molecular weight is 680 g/mol. The summed E-state index contributed by atoms with van der Waals surface area (Å²) in [5.74, 6) is -2.29. The lowest BCUT2D eigenvalue weighted by molar-refractivity contribution is -0.129. The van der Waals surface area contributed by atoms with Gasteiger partial charge in [-0.2, -0.15) is 5.10 Å². The Morgan fingerprint density at radius 3 is 2.38 bits per heavy atom. The van der Waals surface area contributed by atoms with Crippen molar-refractivity contribution in [3.63, 3.8) is 0 Å². The van der Waals surface area contributed by atoms with E-state index in [1.807, 2.05) is 0 Å². The minimum Gasteiger partial charge on any atom is -0.442 e. The molecule has 3 heterocycles. The lowest BCUT2D eigenvalue weighted by Gasteiger charge is -2.22. The van der Waals surface area contributed by atoms with Crippen LogP contribution in [0, 0.1) is 11.6 Å². The van der Waals surface area contributed by atoms with Crippen LogP contribution in [0.3, 0.4) is 0 Å². The Morgan fingerprint density at radius 2 is 1.84 bits per heavy atom. The lowest BCUT2D eigenvalue weighted by atomic mass is 10.2. The van der Waals surface area contributed by atoms with E-state index >= 15 is 8.78 Å². The Bertz CT molecular complexity index is 1350. The minimum absolute atomic E-state index is 0.0408. The number of rotatable bonds is 11. The Kier molecular flexibility index (Phi) is 13.1. The number of amides is 3. The normalized spacial score (nSPS) is 15.7. The number of nitrogens with zero attached hydrogens (tertiary/aromatic N) is 5. The first-order chi connectivity index (χ1) is 21.3. The third kappa shape index (κ3) is 9.10. The summed E-state index contributed by atoms with van der Waals surface area (Å²) in [6.45, 7) is 0.987. The average Bonchev–Trinajstić information content (AvgIpc) is 3.65. The van der Waals surface area contributed by atoms with Gasteiger partial charge in [-0.05, 0) is 6.42 Å². The zero-order valence-corrected chi connectivity index (χ0v) is 26.2. The van der Waals surface area contributed by atoms with Crippen LogP contribution in [0.4, 0.5) is 29.7 Å². The number of halogens is 2. The number of benzene rings is 1. The Morgan fingerprint density at radius 1 is 1.20 bits per heavy atom. The van der Waals surface area contributed by atoms with E-state index in [0.29, 0.717) is 19.4 Å². The molecule has 1 aromatic carbocycles. The number of methoxy groups -OCH3 is 1. The molecule has 0 saturated carbocycles. The molecule has 0 aliphatic carbocycles. The van der Waals surface area contributed by atoms with Crippen molar-refractivity contribution >= 4 is 52.5 Å². The predicted octanol–water partition coefficient (Wildman–Crippen LogP) is 2.02. The van der Waals surface area contributed by atoms with Gasteiger partial charge in [0.1, 0.15) is 18.1 Å². The van der Waals surface area contributed by atoms with Crippen molar-refractivity contribution in [2.75, 3.05) is 36.8 Å². The van der Waals surface area contributed by atoms with E-state index in [1.165, 1.54) is 7.11 Å². The second kappa shape index (κ2) is 16.3. The molecule has 1 fully saturated rings. The second-order valence-electron chi connectivity index (χ2n) is 9.78. The molecular weight excluding hydrogens is 646 g/mol. The molecule has 4 N–H and O–H groups in total. The van der Waals surface area contributed by atoms with Gasteiger partial charge in [0.05, 0.1) is 42.6 Å². The molecule has 3 amide bonds. The van der Waals surface area contributed by atoms with Crippen molar-refractivity contribution in [2.24, 2.45) is 7.05 Å². The maximum atomic E-state index is 15.0. The smallest absolute Gasteiger partial charge is 0.418 e. The standard InChI is InChI=1S/C21H23F2N5O6.C4H10O5P2/c1-12(29)27(20(30)33-11-32-3)8-15-9-28(21(31)34-15)14-4-16(22)19(17(23)5-14)26-7-13-6-24-25(2)18(13)10-26;5-3-1-2-4(10(6)7)11(8)9/h4-6,15H,7-11H2,1-3H3;3-4,6-9H,1-2H2. The molecule has 0 radical (unpaired) electrons. The van der Waals surface area contributed by atoms with Gasteiger partial charge < -0.3 is 43.5 Å². The number of fused-ring (bicyclic) bond motifs is 1. The number of aromatic nitrogens is 2. The topological polar surface area (TPSA) is 204 Å². The van der Waals surface area contributed by atoms with Crippen LogP contribution in [0.1, 0.15) is 31.0 Å². The first-order valence-corrected chi connectivity index (χ1v) is 15.9. The molecule has 45 heavy (non-hydrogen) atoms. The zero-order chi connectivity index (χ0) is 33.4. The molecule has 2 aliphatic heterocycles. The number of aldehydes is 1. The van der Waals surface area contributed by atoms with Crippen molar-refractivity contribution in [2.45, 2.75) is 44.4 Å². The van der Waals surface area contributed by atoms with Crippen LogP contribution in [0.25, 0.3) is 0 Å². The number of aryl methyl sites for hydroxylation is 1. The van der Waals surface area contributed by atoms with Crippen LogP contribution in [0.15, 0.2) is 18.3 Å². The summed E-state index contributed by atoms with van der Waals surface area (Å²) in [6, 6.07) is 2.11. The van der Waals surface area contributed by atoms with E-state index < -0.39 is 58.0 Å². The van der Waals surface area contributed by atoms with Crippen LogP contribution in [0.5, 0.6) is 0 Å². The largest absolute Gasteiger partial charge is 0.442 e. The van der Waals surface area contributed by atoms with Crippen molar-refractivity contribution in [1.29, 1.82) is 0 Å². The molecule has 0 bridgehead atoms. The number of carbonyl (C=O) groups excluding carboxylic acids is 4. The Hall–Kier alpha value is -3.37. The highest BCUT2D eigenvalue weighted by Gasteiger charge is 2.37. The lowest BCUT2D eigenvalue weighted by Crippen LogP contribution is -2.42. The van der Waals surface area contributed by atoms with Crippen LogP contribution in [-0.4, -0.2) is 97.1 Å². The molecule has 1 aromatic heterocycles. The van der Waals surface area contributed by atoms with Gasteiger partial charge in [-0.25, -0.2) is 23.3 Å². The Labute approximate surface area is 258 Å². The maximum absolute atomic E-state index is 15.0. The van der Waals surface area contributed by atoms with E-state index in [4.69, 9.17) is 29.0 Å². The molecule has 248 valence electrons. The van der Waals surface area contributed by atoms with Crippen molar-refractivity contribution in [3.8, 4) is 0 Å². The molecule has 4 rings (SSSR count). The molecule has 1 saturated heterocycles. The third-order valence-corrected chi connectivity index (χ3v) is 9.54. The van der Waals surface area contributed by atoms with Crippen molar-refractivity contribution < 1.29 is 61.7 Å². The van der Waals surface area contributed by atoms with Gasteiger partial charge in [-0.1, -0.05) is 0 Å². The van der Waals surface area contributed by atoms with Crippen molar-refractivity contribution in [3.05, 3.63) is 41.2 Å². The van der Waals surface area contributed by atoms with E-state index in [0.717, 1.165) is 40.1 Å². The van der Waals surface area contributed by atoms with Gasteiger partial charge in [0, 0.05) is 51.7 Å². The van der Waals surface area contributed by atoms with E-state index in [9.17, 15) is 19.2 Å². The molecule has 0 spiro atoms. The molecular formula is C25H33F2N5O11P2. The highest BCUT2D eigenvalue weighted by Crippen LogP contribution is 2.51. The summed E-state index contributed by atoms with van der Waals surface area (Å²) in [4.78, 5) is 83.9. The summed E-state index contributed by atoms with van der Waals surface area (Å²) in [7, 11) is -1.62. The highest BCUT2D eigenvalue weighted by atomic mass is 31.2. The van der Waals surface area contributed by atoms with E-state index in [-0.39, 0.29) is 44.1 Å². The van der Waals surface area contributed by atoms with E-state index in [2.05, 4.69) is 9.84 Å². The van der Waals surface area contributed by atoms with Gasteiger partial charge in [0.2, 0.25) is 5.91 Å². The number of cyclic esters (lactones) is 1. The highest BCUT2D eigenvalue weighted by molar-refractivity contribution is 7.64. The van der Waals surface area contributed by atoms with Gasteiger partial charge in [-0.15, -0.1) is 0 Å².